The first kappa shape index (κ1) is 13.5. The second kappa shape index (κ2) is 6.27. The molecule has 0 spiro atoms. The van der Waals surface area contributed by atoms with Gasteiger partial charge in [-0.1, -0.05) is 19.3 Å². The van der Waals surface area contributed by atoms with Crippen LogP contribution in [0.15, 0.2) is 12.4 Å². The Labute approximate surface area is 113 Å². The molecule has 2 N–H and O–H groups in total. The standard InChI is InChI=1S/C13H22N4S/c1-14-11-8-15-9-12(17-11)16-10-13(18-2)6-4-3-5-7-13/h8-9H,3-7,10H2,1-2H3,(H2,14,16,17). The Bertz CT molecular complexity index is 377. The van der Waals surface area contributed by atoms with Gasteiger partial charge in [0.1, 0.15) is 11.6 Å². The van der Waals surface area contributed by atoms with E-state index in [1.165, 1.54) is 32.1 Å². The van der Waals surface area contributed by atoms with E-state index < -0.39 is 0 Å². The summed E-state index contributed by atoms with van der Waals surface area (Å²) in [6, 6.07) is 0. The lowest BCUT2D eigenvalue weighted by molar-refractivity contribution is 0.411. The molecule has 0 bridgehead atoms. The summed E-state index contributed by atoms with van der Waals surface area (Å²) in [5.74, 6) is 1.67. The van der Waals surface area contributed by atoms with Crippen LogP contribution in [0.3, 0.4) is 0 Å². The smallest absolute Gasteiger partial charge is 0.147 e. The van der Waals surface area contributed by atoms with E-state index in [0.717, 1.165) is 18.2 Å². The van der Waals surface area contributed by atoms with E-state index in [1.54, 1.807) is 12.4 Å². The van der Waals surface area contributed by atoms with Gasteiger partial charge in [-0.05, 0) is 19.1 Å². The average molecular weight is 266 g/mol. The molecule has 0 amide bonds. The SMILES string of the molecule is CNc1cncc(NCC2(SC)CCCCC2)n1. The third-order valence-electron chi connectivity index (χ3n) is 3.68. The molecule has 1 aliphatic rings. The molecule has 1 saturated carbocycles. The molecule has 1 aromatic rings. The highest BCUT2D eigenvalue weighted by Crippen LogP contribution is 2.38. The van der Waals surface area contributed by atoms with Crippen LogP contribution in [0.1, 0.15) is 32.1 Å². The van der Waals surface area contributed by atoms with Crippen LogP contribution < -0.4 is 10.6 Å². The summed E-state index contributed by atoms with van der Waals surface area (Å²) < 4.78 is 0.385. The van der Waals surface area contributed by atoms with E-state index in [9.17, 15) is 0 Å². The maximum atomic E-state index is 4.45. The molecule has 0 unspecified atom stereocenters. The molecule has 0 saturated heterocycles. The van der Waals surface area contributed by atoms with Gasteiger partial charge in [0.05, 0.1) is 12.4 Å². The van der Waals surface area contributed by atoms with Gasteiger partial charge in [-0.15, -0.1) is 0 Å². The molecule has 1 aromatic heterocycles. The zero-order valence-corrected chi connectivity index (χ0v) is 12.0. The van der Waals surface area contributed by atoms with Gasteiger partial charge >= 0.3 is 0 Å². The van der Waals surface area contributed by atoms with Gasteiger partial charge in [0.2, 0.25) is 0 Å². The Morgan fingerprint density at radius 1 is 1.22 bits per heavy atom. The Morgan fingerprint density at radius 2 is 1.94 bits per heavy atom. The Hall–Kier alpha value is -0.970. The number of thioether (sulfide) groups is 1. The van der Waals surface area contributed by atoms with Crippen molar-refractivity contribution in [2.24, 2.45) is 0 Å². The highest BCUT2D eigenvalue weighted by molar-refractivity contribution is 8.00. The Balaban J connectivity index is 1.96. The quantitative estimate of drug-likeness (QED) is 0.858. The van der Waals surface area contributed by atoms with E-state index in [-0.39, 0.29) is 0 Å². The number of nitrogens with zero attached hydrogens (tertiary/aromatic N) is 2. The Morgan fingerprint density at radius 3 is 2.61 bits per heavy atom. The first-order valence-electron chi connectivity index (χ1n) is 6.57. The second-order valence-corrected chi connectivity index (χ2v) is 6.12. The van der Waals surface area contributed by atoms with Crippen molar-refractivity contribution in [2.75, 3.05) is 30.5 Å². The monoisotopic (exact) mass is 266 g/mol. The number of aromatic nitrogens is 2. The predicted octanol–water partition coefficient (Wildman–Crippen LogP) is 3.00. The number of hydrogen-bond acceptors (Lipinski definition) is 5. The Kier molecular flexibility index (Phi) is 4.69. The van der Waals surface area contributed by atoms with Crippen molar-refractivity contribution in [3.05, 3.63) is 12.4 Å². The molecule has 2 rings (SSSR count). The molecule has 5 heteroatoms. The zero-order chi connectivity index (χ0) is 12.8. The van der Waals surface area contributed by atoms with Crippen molar-refractivity contribution in [3.8, 4) is 0 Å². The molecule has 0 atom stereocenters. The summed E-state index contributed by atoms with van der Waals surface area (Å²) in [4.78, 5) is 8.62. The van der Waals surface area contributed by atoms with Crippen LogP contribution in [0.5, 0.6) is 0 Å². The zero-order valence-electron chi connectivity index (χ0n) is 11.2. The fraction of sp³-hybridized carbons (Fsp3) is 0.692. The van der Waals surface area contributed by atoms with Crippen LogP contribution in [0.25, 0.3) is 0 Å². The molecule has 18 heavy (non-hydrogen) atoms. The number of rotatable bonds is 5. The molecule has 1 fully saturated rings. The van der Waals surface area contributed by atoms with Gasteiger partial charge in [-0.3, -0.25) is 4.98 Å². The van der Waals surface area contributed by atoms with Crippen LogP contribution >= 0.6 is 11.8 Å². The molecule has 0 radical (unpaired) electrons. The van der Waals surface area contributed by atoms with Gasteiger partial charge in [-0.2, -0.15) is 11.8 Å². The molecule has 0 aliphatic heterocycles. The minimum atomic E-state index is 0.385. The summed E-state index contributed by atoms with van der Waals surface area (Å²) in [7, 11) is 1.86. The van der Waals surface area contributed by atoms with Gasteiger partial charge in [0.15, 0.2) is 0 Å². The van der Waals surface area contributed by atoms with Gasteiger partial charge in [0.25, 0.3) is 0 Å². The second-order valence-electron chi connectivity index (χ2n) is 4.84. The molecular formula is C13H22N4S. The normalized spacial score (nSPS) is 18.3. The molecule has 0 aromatic carbocycles. The van der Waals surface area contributed by atoms with Crippen LogP contribution in [0.4, 0.5) is 11.6 Å². The third-order valence-corrected chi connectivity index (χ3v) is 5.10. The third kappa shape index (κ3) is 3.28. The summed E-state index contributed by atoms with van der Waals surface area (Å²) in [6.07, 6.45) is 12.4. The minimum absolute atomic E-state index is 0.385. The summed E-state index contributed by atoms with van der Waals surface area (Å²) in [5, 5.41) is 6.46. The summed E-state index contributed by atoms with van der Waals surface area (Å²) in [5.41, 5.74) is 0. The highest BCUT2D eigenvalue weighted by atomic mass is 32.2. The lowest BCUT2D eigenvalue weighted by Gasteiger charge is -2.36. The van der Waals surface area contributed by atoms with E-state index in [2.05, 4.69) is 26.9 Å². The van der Waals surface area contributed by atoms with Crippen LogP contribution in [-0.4, -0.2) is 34.6 Å². The van der Waals surface area contributed by atoms with Crippen LogP contribution in [-0.2, 0) is 0 Å². The molecule has 4 nitrogen and oxygen atoms in total. The predicted molar refractivity (Wildman–Crippen MR) is 79.4 cm³/mol. The average Bonchev–Trinajstić information content (AvgIpc) is 2.46. The molecular weight excluding hydrogens is 244 g/mol. The topological polar surface area (TPSA) is 49.8 Å². The van der Waals surface area contributed by atoms with E-state index in [0.29, 0.717) is 4.75 Å². The van der Waals surface area contributed by atoms with Gasteiger partial charge in [-0.25, -0.2) is 4.98 Å². The van der Waals surface area contributed by atoms with E-state index in [1.807, 2.05) is 18.8 Å². The first-order chi connectivity index (χ1) is 8.78. The van der Waals surface area contributed by atoms with E-state index in [4.69, 9.17) is 0 Å². The number of nitrogens with one attached hydrogen (secondary N) is 2. The highest BCUT2D eigenvalue weighted by Gasteiger charge is 2.30. The van der Waals surface area contributed by atoms with Crippen molar-refractivity contribution >= 4 is 23.4 Å². The fourth-order valence-electron chi connectivity index (χ4n) is 2.47. The van der Waals surface area contributed by atoms with Crippen molar-refractivity contribution < 1.29 is 0 Å². The number of anilines is 2. The van der Waals surface area contributed by atoms with Gasteiger partial charge in [0, 0.05) is 18.3 Å². The summed E-state index contributed by atoms with van der Waals surface area (Å²) in [6.45, 7) is 0.982. The van der Waals surface area contributed by atoms with Crippen LogP contribution in [0, 0.1) is 0 Å². The van der Waals surface area contributed by atoms with Crippen molar-refractivity contribution in [3.63, 3.8) is 0 Å². The lowest BCUT2D eigenvalue weighted by Crippen LogP contribution is -2.35. The number of hydrogen-bond donors (Lipinski definition) is 2. The molecule has 1 heterocycles. The lowest BCUT2D eigenvalue weighted by atomic mass is 9.88. The fourth-order valence-corrected chi connectivity index (χ4v) is 3.39. The molecule has 1 aliphatic carbocycles. The summed E-state index contributed by atoms with van der Waals surface area (Å²) >= 11 is 2.00. The van der Waals surface area contributed by atoms with Crippen molar-refractivity contribution in [1.82, 2.24) is 9.97 Å². The maximum absolute atomic E-state index is 4.45. The minimum Gasteiger partial charge on any atom is -0.372 e. The van der Waals surface area contributed by atoms with Crippen molar-refractivity contribution in [1.29, 1.82) is 0 Å². The van der Waals surface area contributed by atoms with Crippen LogP contribution in [0.2, 0.25) is 0 Å². The molecule has 100 valence electrons. The maximum Gasteiger partial charge on any atom is 0.147 e. The van der Waals surface area contributed by atoms with Gasteiger partial charge < -0.3 is 10.6 Å². The van der Waals surface area contributed by atoms with E-state index >= 15 is 0 Å². The first-order valence-corrected chi connectivity index (χ1v) is 7.79. The van der Waals surface area contributed by atoms with Crippen molar-refractivity contribution in [2.45, 2.75) is 36.9 Å². The largest absolute Gasteiger partial charge is 0.372 e.